The molecule has 28 heavy (non-hydrogen) atoms. The van der Waals surface area contributed by atoms with Gasteiger partial charge in [0.2, 0.25) is 10.0 Å². The number of amides is 1. The van der Waals surface area contributed by atoms with Crippen LogP contribution in [-0.2, 0) is 10.0 Å². The first-order chi connectivity index (χ1) is 13.4. The lowest BCUT2D eigenvalue weighted by Gasteiger charge is -2.16. The Balaban J connectivity index is 1.65. The van der Waals surface area contributed by atoms with Gasteiger partial charge >= 0.3 is 0 Å². The van der Waals surface area contributed by atoms with Crippen molar-refractivity contribution in [2.24, 2.45) is 0 Å². The lowest BCUT2D eigenvalue weighted by atomic mass is 10.1. The number of hydrogen-bond acceptors (Lipinski definition) is 4. The molecule has 6 nitrogen and oxygen atoms in total. The summed E-state index contributed by atoms with van der Waals surface area (Å²) in [6.45, 7) is 2.93. The number of carbonyl (C=O) groups is 1. The molecule has 0 saturated carbocycles. The summed E-state index contributed by atoms with van der Waals surface area (Å²) in [7, 11) is -3.53. The Morgan fingerprint density at radius 1 is 1.04 bits per heavy atom. The van der Waals surface area contributed by atoms with E-state index in [1.807, 2.05) is 31.2 Å². The average molecular weight is 395 g/mol. The molecule has 0 aliphatic carbocycles. The van der Waals surface area contributed by atoms with Gasteiger partial charge in [-0.05, 0) is 50.1 Å². The highest BCUT2D eigenvalue weighted by atomic mass is 32.2. The van der Waals surface area contributed by atoms with Crippen LogP contribution < -0.4 is 5.32 Å². The van der Waals surface area contributed by atoms with Crippen LogP contribution in [0.5, 0.6) is 0 Å². The highest BCUT2D eigenvalue weighted by molar-refractivity contribution is 7.89. The quantitative estimate of drug-likeness (QED) is 0.732. The Morgan fingerprint density at radius 2 is 1.79 bits per heavy atom. The molecule has 0 bridgehead atoms. The van der Waals surface area contributed by atoms with Gasteiger partial charge in [-0.2, -0.15) is 4.31 Å². The molecule has 2 heterocycles. The fraction of sp³-hybridized carbons (Fsp3) is 0.238. The van der Waals surface area contributed by atoms with E-state index in [1.54, 1.807) is 24.3 Å². The standard InChI is InChI=1S/C21H21N3O3S/c1-15-13-19(18-9-2-3-10-20(18)22-15)21(25)23-16-7-6-8-17(14-16)28(26,27)24-11-4-5-12-24/h2-3,6-10,13-14H,4-5,11-12H2,1H3,(H,23,25). The Morgan fingerprint density at radius 3 is 2.57 bits per heavy atom. The van der Waals surface area contributed by atoms with Crippen LogP contribution in [0, 0.1) is 6.92 Å². The smallest absolute Gasteiger partial charge is 0.256 e. The van der Waals surface area contributed by atoms with Crippen molar-refractivity contribution >= 4 is 32.5 Å². The zero-order valence-corrected chi connectivity index (χ0v) is 16.4. The van der Waals surface area contributed by atoms with Crippen molar-refractivity contribution in [2.45, 2.75) is 24.7 Å². The Bertz CT molecular complexity index is 1150. The normalized spacial score (nSPS) is 15.0. The van der Waals surface area contributed by atoms with Gasteiger partial charge in [0, 0.05) is 29.9 Å². The van der Waals surface area contributed by atoms with Gasteiger partial charge in [0.15, 0.2) is 0 Å². The topological polar surface area (TPSA) is 79.4 Å². The Hall–Kier alpha value is -2.77. The zero-order chi connectivity index (χ0) is 19.7. The predicted octanol–water partition coefficient (Wildman–Crippen LogP) is 3.58. The van der Waals surface area contributed by atoms with Gasteiger partial charge < -0.3 is 5.32 Å². The van der Waals surface area contributed by atoms with E-state index in [0.29, 0.717) is 24.3 Å². The van der Waals surface area contributed by atoms with Crippen LogP contribution in [0.3, 0.4) is 0 Å². The molecule has 0 unspecified atom stereocenters. The molecule has 1 fully saturated rings. The minimum Gasteiger partial charge on any atom is -0.322 e. The van der Waals surface area contributed by atoms with E-state index >= 15 is 0 Å². The summed E-state index contributed by atoms with van der Waals surface area (Å²) in [6.07, 6.45) is 1.76. The number of sulfonamides is 1. The zero-order valence-electron chi connectivity index (χ0n) is 15.6. The Labute approximate surface area is 164 Å². The third kappa shape index (κ3) is 3.50. The number of nitrogens with zero attached hydrogens (tertiary/aromatic N) is 2. The minimum atomic E-state index is -3.53. The van der Waals surface area contributed by atoms with Gasteiger partial charge in [0.25, 0.3) is 5.91 Å². The Kier molecular flexibility index (Phi) is 4.87. The molecular formula is C21H21N3O3S. The van der Waals surface area contributed by atoms with E-state index in [2.05, 4.69) is 10.3 Å². The highest BCUT2D eigenvalue weighted by Crippen LogP contribution is 2.24. The van der Waals surface area contributed by atoms with Crippen molar-refractivity contribution < 1.29 is 13.2 Å². The lowest BCUT2D eigenvalue weighted by Crippen LogP contribution is -2.27. The first-order valence-corrected chi connectivity index (χ1v) is 10.7. The molecule has 0 spiro atoms. The molecule has 7 heteroatoms. The van der Waals surface area contributed by atoms with Crippen LogP contribution >= 0.6 is 0 Å². The minimum absolute atomic E-state index is 0.197. The lowest BCUT2D eigenvalue weighted by molar-refractivity contribution is 0.102. The average Bonchev–Trinajstić information content (AvgIpc) is 3.23. The number of aryl methyl sites for hydroxylation is 1. The molecule has 1 saturated heterocycles. The summed E-state index contributed by atoms with van der Waals surface area (Å²) in [6, 6.07) is 15.6. The summed E-state index contributed by atoms with van der Waals surface area (Å²) in [4.78, 5) is 17.5. The van der Waals surface area contributed by atoms with Gasteiger partial charge in [-0.25, -0.2) is 8.42 Å². The van der Waals surface area contributed by atoms with Crippen molar-refractivity contribution in [1.29, 1.82) is 0 Å². The predicted molar refractivity (Wildman–Crippen MR) is 109 cm³/mol. The maximum atomic E-state index is 12.9. The number of pyridine rings is 1. The number of aromatic nitrogens is 1. The van der Waals surface area contributed by atoms with Crippen LogP contribution in [0.4, 0.5) is 5.69 Å². The van der Waals surface area contributed by atoms with Crippen molar-refractivity contribution in [1.82, 2.24) is 9.29 Å². The summed E-state index contributed by atoms with van der Waals surface area (Å²) in [5.74, 6) is -0.294. The number of rotatable bonds is 4. The molecule has 1 N–H and O–H groups in total. The molecule has 144 valence electrons. The molecule has 1 amide bonds. The van der Waals surface area contributed by atoms with Crippen molar-refractivity contribution in [3.05, 3.63) is 65.9 Å². The molecule has 2 aromatic carbocycles. The number of anilines is 1. The number of hydrogen-bond donors (Lipinski definition) is 1. The van der Waals surface area contributed by atoms with Crippen molar-refractivity contribution in [2.75, 3.05) is 18.4 Å². The summed E-state index contributed by atoms with van der Waals surface area (Å²) >= 11 is 0. The molecule has 0 radical (unpaired) electrons. The third-order valence-corrected chi connectivity index (χ3v) is 6.78. The van der Waals surface area contributed by atoms with Gasteiger partial charge in [0.05, 0.1) is 16.0 Å². The largest absolute Gasteiger partial charge is 0.322 e. The summed E-state index contributed by atoms with van der Waals surface area (Å²) in [5, 5.41) is 3.59. The van der Waals surface area contributed by atoms with E-state index in [0.717, 1.165) is 29.4 Å². The molecule has 1 aromatic heterocycles. The number of nitrogens with one attached hydrogen (secondary N) is 1. The highest BCUT2D eigenvalue weighted by Gasteiger charge is 2.27. The molecular weight excluding hydrogens is 374 g/mol. The fourth-order valence-electron chi connectivity index (χ4n) is 3.51. The maximum Gasteiger partial charge on any atom is 0.256 e. The van der Waals surface area contributed by atoms with Crippen molar-refractivity contribution in [3.63, 3.8) is 0 Å². The van der Waals surface area contributed by atoms with Crippen LogP contribution in [-0.4, -0.2) is 36.7 Å². The van der Waals surface area contributed by atoms with Crippen molar-refractivity contribution in [3.8, 4) is 0 Å². The van der Waals surface area contributed by atoms with Gasteiger partial charge in [0.1, 0.15) is 0 Å². The molecule has 0 atom stereocenters. The first kappa shape index (κ1) is 18.6. The molecule has 3 aromatic rings. The van der Waals surface area contributed by atoms with Gasteiger partial charge in [-0.15, -0.1) is 0 Å². The van der Waals surface area contributed by atoms with E-state index in [1.165, 1.54) is 10.4 Å². The van der Waals surface area contributed by atoms with Crippen LogP contribution in [0.2, 0.25) is 0 Å². The third-order valence-electron chi connectivity index (χ3n) is 4.88. The van der Waals surface area contributed by atoms with Crippen LogP contribution in [0.1, 0.15) is 28.9 Å². The van der Waals surface area contributed by atoms with E-state index in [4.69, 9.17) is 0 Å². The second-order valence-corrected chi connectivity index (χ2v) is 8.86. The SMILES string of the molecule is Cc1cc(C(=O)Nc2cccc(S(=O)(=O)N3CCCC3)c2)c2ccccc2n1. The van der Waals surface area contributed by atoms with Gasteiger partial charge in [-0.1, -0.05) is 24.3 Å². The molecule has 1 aliphatic heterocycles. The van der Waals surface area contributed by atoms with E-state index in [-0.39, 0.29) is 10.8 Å². The monoisotopic (exact) mass is 395 g/mol. The number of fused-ring (bicyclic) bond motifs is 1. The first-order valence-electron chi connectivity index (χ1n) is 9.23. The second kappa shape index (κ2) is 7.33. The molecule has 1 aliphatic rings. The van der Waals surface area contributed by atoms with Crippen LogP contribution in [0.25, 0.3) is 10.9 Å². The maximum absolute atomic E-state index is 12.9. The number of para-hydroxylation sites is 1. The molecule has 4 rings (SSSR count). The number of carbonyl (C=O) groups excluding carboxylic acids is 1. The van der Waals surface area contributed by atoms with Gasteiger partial charge in [-0.3, -0.25) is 9.78 Å². The summed E-state index contributed by atoms with van der Waals surface area (Å²) < 4.78 is 27.0. The second-order valence-electron chi connectivity index (χ2n) is 6.92. The van der Waals surface area contributed by atoms with E-state index in [9.17, 15) is 13.2 Å². The van der Waals surface area contributed by atoms with E-state index < -0.39 is 10.0 Å². The summed E-state index contributed by atoms with van der Waals surface area (Å²) in [5.41, 5.74) is 2.45. The van der Waals surface area contributed by atoms with Crippen LogP contribution in [0.15, 0.2) is 59.5 Å². The number of benzene rings is 2. The fourth-order valence-corrected chi connectivity index (χ4v) is 5.07.